The molecule has 1 aliphatic heterocycles. The van der Waals surface area contributed by atoms with Crippen LogP contribution >= 0.6 is 0 Å². The third-order valence-electron chi connectivity index (χ3n) is 4.57. The molecule has 3 aromatic rings. The highest BCUT2D eigenvalue weighted by molar-refractivity contribution is 5.83. The van der Waals surface area contributed by atoms with Gasteiger partial charge in [0.15, 0.2) is 6.54 Å². The molecule has 0 N–H and O–H groups in total. The van der Waals surface area contributed by atoms with Gasteiger partial charge in [0.25, 0.3) is 6.61 Å². The number of fused-ring (bicyclic) bond motifs is 2. The number of aromatic nitrogens is 2. The molecule has 1 fully saturated rings. The molecule has 0 radical (unpaired) electrons. The number of morpholine rings is 1. The molecule has 0 saturated carbocycles. The van der Waals surface area contributed by atoms with Gasteiger partial charge in [-0.05, 0) is 18.2 Å². The van der Waals surface area contributed by atoms with E-state index in [0.29, 0.717) is 13.2 Å². The van der Waals surface area contributed by atoms with Crippen molar-refractivity contribution in [3.8, 4) is 0 Å². The number of nitrogens with zero attached hydrogens (tertiary/aromatic N) is 3. The molecule has 2 heterocycles. The lowest BCUT2D eigenvalue weighted by molar-refractivity contribution is -1.92. The van der Waals surface area contributed by atoms with Gasteiger partial charge in [-0.3, -0.25) is 0 Å². The average Bonchev–Trinajstić information content (AvgIpc) is 2.67. The summed E-state index contributed by atoms with van der Waals surface area (Å²) in [4.78, 5) is 6.93. The molecule has 142 valence electrons. The van der Waals surface area contributed by atoms with Crippen molar-refractivity contribution in [2.45, 2.75) is 6.54 Å². The standard InChI is InChI=1S/C18H19ClN3O5/c23-19(24,25)27-12-9-22-17-4-2-1-3-15(17)20-16-6-5-14(13-18(16)22)21-7-10-26-11-8-21/h1-6,13H,7-12H2/q+1. The fraction of sp³-hybridized carbons (Fsp3) is 0.333. The summed E-state index contributed by atoms with van der Waals surface area (Å²) in [5.41, 5.74) is 4.31. The van der Waals surface area contributed by atoms with Gasteiger partial charge in [-0.15, -0.1) is 0 Å². The molecular weight excluding hydrogens is 374 g/mol. The molecule has 0 unspecified atom stereocenters. The largest absolute Gasteiger partial charge is 0.378 e. The molecule has 1 saturated heterocycles. The molecular formula is C18H19ClN3O5+. The van der Waals surface area contributed by atoms with Crippen LogP contribution in [-0.4, -0.2) is 37.9 Å². The molecule has 27 heavy (non-hydrogen) atoms. The van der Waals surface area contributed by atoms with Crippen molar-refractivity contribution in [3.05, 3.63) is 42.5 Å². The molecule has 0 amide bonds. The summed E-state index contributed by atoms with van der Waals surface area (Å²) in [6.07, 6.45) is 0. The third kappa shape index (κ3) is 4.11. The van der Waals surface area contributed by atoms with Crippen LogP contribution in [0.4, 0.5) is 5.69 Å². The van der Waals surface area contributed by atoms with Crippen LogP contribution in [0.15, 0.2) is 42.5 Å². The number of para-hydroxylation sites is 2. The molecule has 4 rings (SSSR count). The summed E-state index contributed by atoms with van der Waals surface area (Å²) >= 11 is 0. The van der Waals surface area contributed by atoms with Crippen LogP contribution in [0.2, 0.25) is 0 Å². The van der Waals surface area contributed by atoms with E-state index >= 15 is 0 Å². The predicted octanol–water partition coefficient (Wildman–Crippen LogP) is -1.57. The van der Waals surface area contributed by atoms with E-state index in [0.717, 1.165) is 40.8 Å². The smallest absolute Gasteiger partial charge is 0.261 e. The number of ether oxygens (including phenoxy) is 1. The zero-order valence-electron chi connectivity index (χ0n) is 14.5. The van der Waals surface area contributed by atoms with E-state index in [1.807, 2.05) is 47.0 Å². The number of benzene rings is 2. The van der Waals surface area contributed by atoms with E-state index in [1.54, 1.807) is 0 Å². The Labute approximate surface area is 157 Å². The number of rotatable bonds is 5. The zero-order chi connectivity index (χ0) is 18.9. The van der Waals surface area contributed by atoms with E-state index in [-0.39, 0.29) is 13.2 Å². The van der Waals surface area contributed by atoms with Crippen LogP contribution in [0.25, 0.3) is 22.1 Å². The van der Waals surface area contributed by atoms with E-state index in [9.17, 15) is 14.0 Å². The highest BCUT2D eigenvalue weighted by Crippen LogP contribution is 2.22. The Morgan fingerprint density at radius 3 is 2.56 bits per heavy atom. The van der Waals surface area contributed by atoms with Gasteiger partial charge < -0.3 is 9.64 Å². The van der Waals surface area contributed by atoms with Crippen molar-refractivity contribution in [1.29, 1.82) is 0 Å². The summed E-state index contributed by atoms with van der Waals surface area (Å²) in [7, 11) is -4.45. The average molecular weight is 393 g/mol. The van der Waals surface area contributed by atoms with Crippen molar-refractivity contribution >= 4 is 27.8 Å². The Morgan fingerprint density at radius 2 is 1.78 bits per heavy atom. The maximum atomic E-state index is 10.8. The number of halogens is 1. The Morgan fingerprint density at radius 1 is 1.04 bits per heavy atom. The topological polar surface area (TPSA) is 108 Å². The molecule has 0 aliphatic carbocycles. The first kappa shape index (κ1) is 18.3. The predicted molar refractivity (Wildman–Crippen MR) is 88.4 cm³/mol. The van der Waals surface area contributed by atoms with Crippen molar-refractivity contribution in [2.24, 2.45) is 0 Å². The number of anilines is 1. The lowest BCUT2D eigenvalue weighted by atomic mass is 10.2. The fourth-order valence-electron chi connectivity index (χ4n) is 3.35. The molecule has 0 bridgehead atoms. The SMILES string of the molecule is [O-][Cl+3]([O-])([O-])OCC[n+]1c2ccccc2nc2ccc(N3CCOCC3)cc21. The maximum Gasteiger partial charge on any atom is 0.261 e. The second-order valence-electron chi connectivity index (χ2n) is 6.22. The van der Waals surface area contributed by atoms with Gasteiger partial charge in [0.05, 0.1) is 27.7 Å². The first-order valence-electron chi connectivity index (χ1n) is 8.62. The Balaban J connectivity index is 1.78. The fourth-order valence-corrected chi connectivity index (χ4v) is 3.61. The van der Waals surface area contributed by atoms with Crippen molar-refractivity contribution in [3.63, 3.8) is 0 Å². The lowest BCUT2D eigenvalue weighted by Crippen LogP contribution is -2.61. The summed E-state index contributed by atoms with van der Waals surface area (Å²) in [6.45, 7) is 2.94. The van der Waals surface area contributed by atoms with E-state index < -0.39 is 10.2 Å². The highest BCUT2D eigenvalue weighted by atomic mass is 35.7. The maximum absolute atomic E-state index is 10.8. The molecule has 9 heteroatoms. The Hall–Kier alpha value is -2.07. The monoisotopic (exact) mass is 392 g/mol. The number of hydrogen-bond acceptors (Lipinski definition) is 7. The van der Waals surface area contributed by atoms with Crippen LogP contribution in [-0.2, 0) is 15.6 Å². The minimum atomic E-state index is -4.45. The Bertz CT molecular complexity index is 957. The Kier molecular flexibility index (Phi) is 5.09. The lowest BCUT2D eigenvalue weighted by Gasteiger charge is -2.28. The van der Waals surface area contributed by atoms with E-state index in [2.05, 4.69) is 9.19 Å². The molecule has 8 nitrogen and oxygen atoms in total. The van der Waals surface area contributed by atoms with Crippen LogP contribution < -0.4 is 23.4 Å². The third-order valence-corrected chi connectivity index (χ3v) is 4.99. The minimum absolute atomic E-state index is 0.209. The normalized spacial score (nSPS) is 15.6. The molecule has 1 aromatic heterocycles. The van der Waals surface area contributed by atoms with Crippen LogP contribution in [0.3, 0.4) is 0 Å². The first-order valence-corrected chi connectivity index (χ1v) is 9.85. The highest BCUT2D eigenvalue weighted by Gasteiger charge is 2.23. The van der Waals surface area contributed by atoms with Gasteiger partial charge in [-0.25, -0.2) is 4.98 Å². The van der Waals surface area contributed by atoms with Gasteiger partial charge in [0.2, 0.25) is 11.0 Å². The van der Waals surface area contributed by atoms with Crippen LogP contribution in [0.1, 0.15) is 0 Å². The van der Waals surface area contributed by atoms with Crippen molar-refractivity contribution in [1.82, 2.24) is 4.98 Å². The van der Waals surface area contributed by atoms with E-state index in [4.69, 9.17) is 9.72 Å². The first-order chi connectivity index (χ1) is 13.0. The van der Waals surface area contributed by atoms with Gasteiger partial charge in [0.1, 0.15) is 11.0 Å². The van der Waals surface area contributed by atoms with Gasteiger partial charge >= 0.3 is 0 Å². The van der Waals surface area contributed by atoms with Crippen LogP contribution in [0.5, 0.6) is 0 Å². The number of hydrogen-bond donors (Lipinski definition) is 0. The molecule has 2 aromatic carbocycles. The zero-order valence-corrected chi connectivity index (χ0v) is 15.3. The summed E-state index contributed by atoms with van der Waals surface area (Å²) < 4.78 is 44.0. The van der Waals surface area contributed by atoms with Crippen molar-refractivity contribution in [2.75, 3.05) is 37.8 Å². The summed E-state index contributed by atoms with van der Waals surface area (Å²) in [6, 6.07) is 13.6. The van der Waals surface area contributed by atoms with Gasteiger partial charge in [-0.1, -0.05) is 12.1 Å². The minimum Gasteiger partial charge on any atom is -0.378 e. The van der Waals surface area contributed by atoms with Gasteiger partial charge in [-0.2, -0.15) is 18.5 Å². The van der Waals surface area contributed by atoms with E-state index in [1.165, 1.54) is 0 Å². The van der Waals surface area contributed by atoms with Crippen LogP contribution in [0, 0.1) is 10.2 Å². The molecule has 1 aliphatic rings. The second kappa shape index (κ2) is 7.51. The quantitative estimate of drug-likeness (QED) is 0.381. The van der Waals surface area contributed by atoms with Gasteiger partial charge in [0, 0.05) is 30.9 Å². The molecule has 0 spiro atoms. The van der Waals surface area contributed by atoms with Crippen molar-refractivity contribution < 1.29 is 37.8 Å². The molecule has 0 atom stereocenters. The second-order valence-corrected chi connectivity index (χ2v) is 7.19. The summed E-state index contributed by atoms with van der Waals surface area (Å²) in [5, 5.41) is 0. The summed E-state index contributed by atoms with van der Waals surface area (Å²) in [5.74, 6) is 0.